The lowest BCUT2D eigenvalue weighted by Gasteiger charge is -2.30. The first-order valence-electron chi connectivity index (χ1n) is 33.3. The maximum atomic E-state index is 3.90. The highest BCUT2D eigenvalue weighted by Gasteiger charge is 2.36. The first-order valence-corrected chi connectivity index (χ1v) is 44.3. The lowest BCUT2D eigenvalue weighted by atomic mass is 10.1. The molecule has 94 heavy (non-hydrogen) atoms. The zero-order chi connectivity index (χ0) is 67.4. The molecule has 0 spiro atoms. The molecule has 0 atom stereocenters. The SMILES string of the molecule is C=CCc1ccc([Si](C)(C)c2ccc(CC=C)cc2)cc1.C=CCc1ccc([Si](C)(c2ccccc2)c2ccc(CC=C)cc2)cc1.C=CCc1cccc([Si](C)(C)c2cccc(CC=C)c2)c1.C=CCc1cccc([Si](C)(c2ccccc2)c2cccc(CC=C)c2)c1. The average molecular weight is 1290 g/mol. The topological polar surface area (TPSA) is 0 Å². The van der Waals surface area contributed by atoms with E-state index in [9.17, 15) is 0 Å². The summed E-state index contributed by atoms with van der Waals surface area (Å²) < 4.78 is 0. The molecule has 0 bridgehead atoms. The van der Waals surface area contributed by atoms with E-state index in [-0.39, 0.29) is 0 Å². The Morgan fingerprint density at radius 2 is 0.383 bits per heavy atom. The van der Waals surface area contributed by atoms with Gasteiger partial charge in [0.1, 0.15) is 32.3 Å². The van der Waals surface area contributed by atoms with Crippen molar-refractivity contribution in [2.24, 2.45) is 0 Å². The average Bonchev–Trinajstić information content (AvgIpc) is 0.806. The second-order valence-electron chi connectivity index (χ2n) is 25.8. The molecular formula is C90H100Si4. The third-order valence-corrected chi connectivity index (χ3v) is 34.4. The summed E-state index contributed by atoms with van der Waals surface area (Å²) in [7, 11) is -7.33. The van der Waals surface area contributed by atoms with Crippen LogP contribution in [-0.4, -0.2) is 32.3 Å². The van der Waals surface area contributed by atoms with E-state index in [0.717, 1.165) is 51.4 Å². The quantitative estimate of drug-likeness (QED) is 0.0288. The molecule has 0 N–H and O–H groups in total. The lowest BCUT2D eigenvalue weighted by Crippen LogP contribution is -2.64. The molecule has 0 aliphatic carbocycles. The van der Waals surface area contributed by atoms with E-state index < -0.39 is 32.3 Å². The van der Waals surface area contributed by atoms with Crippen LogP contribution in [-0.2, 0) is 51.4 Å². The molecule has 10 aromatic rings. The van der Waals surface area contributed by atoms with E-state index in [0.29, 0.717) is 0 Å². The van der Waals surface area contributed by atoms with Gasteiger partial charge >= 0.3 is 0 Å². The molecule has 0 saturated carbocycles. The largest absolute Gasteiger partial charge is 0.145 e. The Labute approximate surface area is 571 Å². The van der Waals surface area contributed by atoms with Gasteiger partial charge in [0.05, 0.1) is 0 Å². The summed E-state index contributed by atoms with van der Waals surface area (Å²) in [5, 5.41) is 14.6. The van der Waals surface area contributed by atoms with E-state index in [1.807, 2.05) is 48.6 Å². The molecule has 10 rings (SSSR count). The Balaban J connectivity index is 0.000000178. The van der Waals surface area contributed by atoms with Crippen LogP contribution >= 0.6 is 0 Å². The normalized spacial score (nSPS) is 11.1. The van der Waals surface area contributed by atoms with Crippen molar-refractivity contribution in [3.05, 3.63) is 401 Å². The molecule has 476 valence electrons. The monoisotopic (exact) mass is 1290 g/mol. The molecule has 0 aliphatic rings. The number of benzene rings is 10. The first-order chi connectivity index (χ1) is 45.5. The summed E-state index contributed by atoms with van der Waals surface area (Å²) in [4.78, 5) is 0. The Kier molecular flexibility index (Phi) is 27.6. The summed E-state index contributed by atoms with van der Waals surface area (Å²) in [6, 6.07) is 94.4. The van der Waals surface area contributed by atoms with Gasteiger partial charge in [0, 0.05) is 0 Å². The van der Waals surface area contributed by atoms with Crippen LogP contribution in [0.4, 0.5) is 0 Å². The highest BCUT2D eigenvalue weighted by molar-refractivity contribution is 7.11. The zero-order valence-corrected chi connectivity index (χ0v) is 61.2. The van der Waals surface area contributed by atoms with Gasteiger partial charge in [-0.15, -0.1) is 52.6 Å². The van der Waals surface area contributed by atoms with E-state index in [2.05, 4.69) is 347 Å². The molecule has 0 unspecified atom stereocenters. The van der Waals surface area contributed by atoms with Gasteiger partial charge in [-0.2, -0.15) is 0 Å². The van der Waals surface area contributed by atoms with Crippen LogP contribution in [0.15, 0.2) is 356 Å². The minimum atomic E-state index is -2.07. The van der Waals surface area contributed by atoms with Crippen molar-refractivity contribution >= 4 is 84.2 Å². The minimum absolute atomic E-state index is 0.906. The lowest BCUT2D eigenvalue weighted by molar-refractivity contribution is 1.28. The van der Waals surface area contributed by atoms with Crippen molar-refractivity contribution in [2.75, 3.05) is 0 Å². The number of hydrogen-bond acceptors (Lipinski definition) is 0. The fourth-order valence-electron chi connectivity index (χ4n) is 12.5. The van der Waals surface area contributed by atoms with Crippen molar-refractivity contribution in [1.29, 1.82) is 0 Å². The molecule has 4 heteroatoms. The smallest absolute Gasteiger partial charge is 0.103 e. The van der Waals surface area contributed by atoms with Crippen molar-refractivity contribution in [1.82, 2.24) is 0 Å². The summed E-state index contributed by atoms with van der Waals surface area (Å²) >= 11 is 0. The number of allylic oxidation sites excluding steroid dienone is 8. The molecule has 0 radical (unpaired) electrons. The predicted octanol–water partition coefficient (Wildman–Crippen LogP) is 16.4. The minimum Gasteiger partial charge on any atom is -0.103 e. The number of hydrogen-bond donors (Lipinski definition) is 0. The molecular weight excluding hydrogens is 1190 g/mol. The van der Waals surface area contributed by atoms with Crippen LogP contribution in [0, 0.1) is 0 Å². The zero-order valence-electron chi connectivity index (χ0n) is 57.2. The third kappa shape index (κ3) is 19.1. The van der Waals surface area contributed by atoms with Crippen LogP contribution in [0.3, 0.4) is 0 Å². The molecule has 0 aromatic heterocycles. The van der Waals surface area contributed by atoms with E-state index in [1.54, 1.807) is 0 Å². The van der Waals surface area contributed by atoms with Crippen molar-refractivity contribution in [2.45, 2.75) is 90.6 Å². The van der Waals surface area contributed by atoms with Gasteiger partial charge in [-0.1, -0.05) is 363 Å². The molecule has 0 aliphatic heterocycles. The maximum Gasteiger partial charge on any atom is 0.145 e. The van der Waals surface area contributed by atoms with Crippen molar-refractivity contribution in [3.8, 4) is 0 Å². The van der Waals surface area contributed by atoms with Crippen LogP contribution in [0.1, 0.15) is 44.5 Å². The molecule has 0 amide bonds. The van der Waals surface area contributed by atoms with E-state index >= 15 is 0 Å². The van der Waals surface area contributed by atoms with Gasteiger partial charge in [0.2, 0.25) is 0 Å². The van der Waals surface area contributed by atoms with Crippen LogP contribution in [0.2, 0.25) is 39.3 Å². The summed E-state index contributed by atoms with van der Waals surface area (Å²) in [5.74, 6) is 0. The molecule has 0 fully saturated rings. The van der Waals surface area contributed by atoms with Crippen molar-refractivity contribution < 1.29 is 0 Å². The van der Waals surface area contributed by atoms with Gasteiger partial charge in [-0.25, -0.2) is 0 Å². The summed E-state index contributed by atoms with van der Waals surface area (Å²) in [6.45, 7) is 45.4. The Morgan fingerprint density at radius 1 is 0.191 bits per heavy atom. The second kappa shape index (κ2) is 35.9. The molecule has 0 heterocycles. The predicted molar refractivity (Wildman–Crippen MR) is 430 cm³/mol. The Morgan fingerprint density at radius 3 is 0.649 bits per heavy atom. The number of rotatable bonds is 26. The van der Waals surface area contributed by atoms with E-state index in [4.69, 9.17) is 0 Å². The summed E-state index contributed by atoms with van der Waals surface area (Å²) in [6.07, 6.45) is 23.1. The molecule has 10 aromatic carbocycles. The van der Waals surface area contributed by atoms with Gasteiger partial charge in [-0.05, 0) is 127 Å². The van der Waals surface area contributed by atoms with Gasteiger partial charge in [0.15, 0.2) is 0 Å². The van der Waals surface area contributed by atoms with Crippen molar-refractivity contribution in [3.63, 3.8) is 0 Å². The van der Waals surface area contributed by atoms with Crippen LogP contribution in [0.25, 0.3) is 0 Å². The first kappa shape index (κ1) is 72.4. The van der Waals surface area contributed by atoms with Gasteiger partial charge in [-0.3, -0.25) is 0 Å². The highest BCUT2D eigenvalue weighted by Crippen LogP contribution is 2.16. The molecule has 0 saturated heterocycles. The van der Waals surface area contributed by atoms with Crippen LogP contribution in [0.5, 0.6) is 0 Å². The van der Waals surface area contributed by atoms with Gasteiger partial charge in [0.25, 0.3) is 0 Å². The molecule has 0 nitrogen and oxygen atoms in total. The highest BCUT2D eigenvalue weighted by atomic mass is 28.3. The van der Waals surface area contributed by atoms with Gasteiger partial charge < -0.3 is 0 Å². The maximum absolute atomic E-state index is 3.90. The Bertz CT molecular complexity index is 3840. The fraction of sp³-hybridized carbons (Fsp3) is 0.156. The second-order valence-corrected chi connectivity index (χ2v) is 42.5. The fourth-order valence-corrected chi connectivity index (χ4v) is 24.4. The standard InChI is InChI=1S/2C25H26Si.2C20H24Si/c1-4-11-21-13-9-17-24(19-21)26(3,23-15-7-6-8-16-23)25-18-10-14-22(20-25)12-5-2;1-4-9-21-13-17-24(18-14-21)26(3,23-11-7-6-8-12-23)25-19-15-22(10-5-2)16-20-25;1-5-9-17-11-7-13-19(15-17)21(3,4)20-14-8-12-18(16-20)10-6-2;1-5-7-17-9-13-19(14-10-17)21(3,4)20-15-11-18(8-6-2)12-16-20/h4-10,13-20H,1-2,11-12H2,3H3;4-8,11-20H,1-2,9-10H2,3H3;5-8,11-16H,1-2,9-10H2,3-4H3;5-6,9-16H,1-2,7-8H2,3-4H3. The van der Waals surface area contributed by atoms with Crippen LogP contribution < -0.4 is 51.9 Å². The Hall–Kier alpha value is -9.01. The van der Waals surface area contributed by atoms with E-state index in [1.165, 1.54) is 96.4 Å². The summed E-state index contributed by atoms with van der Waals surface area (Å²) in [5.41, 5.74) is 10.7. The third-order valence-electron chi connectivity index (χ3n) is 18.5.